The molecule has 1 fully saturated rings. The van der Waals surface area contributed by atoms with Crippen LogP contribution in [0, 0.1) is 0 Å². The number of amides is 1. The van der Waals surface area contributed by atoms with Crippen LogP contribution in [0.3, 0.4) is 0 Å². The maximum atomic E-state index is 10.6. The van der Waals surface area contributed by atoms with Gasteiger partial charge in [-0.3, -0.25) is 14.6 Å². The first kappa shape index (κ1) is 10.4. The number of carbonyl (C=O) groups is 1. The number of carbonyl (C=O) groups excluding carboxylic acids is 1. The largest absolute Gasteiger partial charge is 0.395 e. The van der Waals surface area contributed by atoms with Crippen LogP contribution in [0.2, 0.25) is 0 Å². The number of aliphatic hydroxyl groups is 1. The van der Waals surface area contributed by atoms with E-state index in [-0.39, 0.29) is 12.5 Å². The lowest BCUT2D eigenvalue weighted by molar-refractivity contribution is -0.119. The molecule has 0 radical (unpaired) electrons. The van der Waals surface area contributed by atoms with Crippen molar-refractivity contribution < 1.29 is 9.90 Å². The molecule has 1 rings (SSSR count). The van der Waals surface area contributed by atoms with Gasteiger partial charge in [0.2, 0.25) is 5.91 Å². The van der Waals surface area contributed by atoms with Gasteiger partial charge in [0.15, 0.2) is 0 Å². The molecule has 1 heterocycles. The van der Waals surface area contributed by atoms with E-state index < -0.39 is 0 Å². The molecule has 5 nitrogen and oxygen atoms in total. The van der Waals surface area contributed by atoms with E-state index in [4.69, 9.17) is 10.8 Å². The smallest absolute Gasteiger partial charge is 0.231 e. The molecule has 0 aromatic carbocycles. The first-order valence-corrected chi connectivity index (χ1v) is 4.56. The summed E-state index contributed by atoms with van der Waals surface area (Å²) in [5, 5.41) is 8.70. The van der Waals surface area contributed by atoms with Crippen LogP contribution < -0.4 is 5.73 Å². The highest BCUT2D eigenvalue weighted by atomic mass is 16.3. The van der Waals surface area contributed by atoms with Crippen LogP contribution in [0.25, 0.3) is 0 Å². The maximum Gasteiger partial charge on any atom is 0.231 e. The van der Waals surface area contributed by atoms with Gasteiger partial charge in [-0.1, -0.05) is 0 Å². The monoisotopic (exact) mass is 187 g/mol. The van der Waals surface area contributed by atoms with E-state index in [1.807, 2.05) is 4.90 Å². The average Bonchev–Trinajstić information content (AvgIpc) is 2.08. The fourth-order valence-corrected chi connectivity index (χ4v) is 1.53. The molecule has 0 spiro atoms. The normalized spacial score (nSPS) is 20.4. The minimum absolute atomic E-state index is 0.204. The third-order valence-electron chi connectivity index (χ3n) is 2.26. The van der Waals surface area contributed by atoms with Crippen LogP contribution >= 0.6 is 0 Å². The molecule has 0 bridgehead atoms. The molecule has 0 aromatic heterocycles. The Kier molecular flexibility index (Phi) is 4.14. The van der Waals surface area contributed by atoms with Crippen molar-refractivity contribution in [3.63, 3.8) is 0 Å². The highest BCUT2D eigenvalue weighted by Crippen LogP contribution is 1.99. The van der Waals surface area contributed by atoms with Crippen molar-refractivity contribution in [3.05, 3.63) is 0 Å². The number of rotatable bonds is 4. The summed E-state index contributed by atoms with van der Waals surface area (Å²) in [5.74, 6) is -0.268. The highest BCUT2D eigenvalue weighted by Gasteiger charge is 2.16. The minimum Gasteiger partial charge on any atom is -0.395 e. The van der Waals surface area contributed by atoms with E-state index in [1.165, 1.54) is 0 Å². The van der Waals surface area contributed by atoms with Crippen molar-refractivity contribution in [1.82, 2.24) is 9.80 Å². The molecule has 13 heavy (non-hydrogen) atoms. The molecule has 0 aliphatic carbocycles. The molecule has 3 N–H and O–H groups in total. The van der Waals surface area contributed by atoms with E-state index in [2.05, 4.69) is 4.90 Å². The van der Waals surface area contributed by atoms with Gasteiger partial charge in [-0.05, 0) is 0 Å². The van der Waals surface area contributed by atoms with Crippen molar-refractivity contribution in [2.45, 2.75) is 0 Å². The Morgan fingerprint density at radius 2 is 1.77 bits per heavy atom. The van der Waals surface area contributed by atoms with Gasteiger partial charge in [0.25, 0.3) is 0 Å². The SMILES string of the molecule is NC(=O)CN1CCN(CCO)CC1. The average molecular weight is 187 g/mol. The second-order valence-corrected chi connectivity index (χ2v) is 3.31. The number of hydrogen-bond donors (Lipinski definition) is 2. The lowest BCUT2D eigenvalue weighted by Crippen LogP contribution is -2.49. The van der Waals surface area contributed by atoms with Crippen molar-refractivity contribution in [3.8, 4) is 0 Å². The van der Waals surface area contributed by atoms with Crippen LogP contribution in [0.1, 0.15) is 0 Å². The Morgan fingerprint density at radius 3 is 2.23 bits per heavy atom. The molecule has 0 atom stereocenters. The molecule has 76 valence electrons. The zero-order chi connectivity index (χ0) is 9.68. The van der Waals surface area contributed by atoms with Crippen molar-refractivity contribution >= 4 is 5.91 Å². The Morgan fingerprint density at radius 1 is 1.23 bits per heavy atom. The molecule has 5 heteroatoms. The van der Waals surface area contributed by atoms with Gasteiger partial charge in [0.1, 0.15) is 0 Å². The van der Waals surface area contributed by atoms with Gasteiger partial charge >= 0.3 is 0 Å². The fraction of sp³-hybridized carbons (Fsp3) is 0.875. The van der Waals surface area contributed by atoms with Crippen LogP contribution in [-0.2, 0) is 4.79 Å². The maximum absolute atomic E-state index is 10.6. The van der Waals surface area contributed by atoms with Crippen LogP contribution in [-0.4, -0.2) is 66.7 Å². The Labute approximate surface area is 78.1 Å². The summed E-state index contributed by atoms with van der Waals surface area (Å²) in [6.45, 7) is 4.83. The Balaban J connectivity index is 2.18. The van der Waals surface area contributed by atoms with E-state index in [9.17, 15) is 4.79 Å². The molecule has 0 unspecified atom stereocenters. The second kappa shape index (κ2) is 5.16. The lowest BCUT2D eigenvalue weighted by Gasteiger charge is -2.33. The first-order valence-electron chi connectivity index (χ1n) is 4.56. The van der Waals surface area contributed by atoms with Gasteiger partial charge in [-0.15, -0.1) is 0 Å². The summed E-state index contributed by atoms with van der Waals surface area (Å²) < 4.78 is 0. The van der Waals surface area contributed by atoms with Crippen LogP contribution in [0.15, 0.2) is 0 Å². The number of nitrogens with two attached hydrogens (primary N) is 1. The Hall–Kier alpha value is -0.650. The number of hydrogen-bond acceptors (Lipinski definition) is 4. The predicted octanol–water partition coefficient (Wildman–Crippen LogP) is -1.92. The predicted molar refractivity (Wildman–Crippen MR) is 49.2 cm³/mol. The Bertz CT molecular complexity index is 167. The summed E-state index contributed by atoms with van der Waals surface area (Å²) in [5.41, 5.74) is 5.08. The quantitative estimate of drug-likeness (QED) is 0.538. The van der Waals surface area contributed by atoms with Crippen molar-refractivity contribution in [2.24, 2.45) is 5.73 Å². The number of piperazine rings is 1. The number of aliphatic hydroxyl groups excluding tert-OH is 1. The molecule has 1 aliphatic heterocycles. The van der Waals surface area contributed by atoms with Gasteiger partial charge in [0, 0.05) is 32.7 Å². The van der Waals surface area contributed by atoms with E-state index in [0.29, 0.717) is 6.54 Å². The third-order valence-corrected chi connectivity index (χ3v) is 2.26. The first-order chi connectivity index (χ1) is 6.22. The number of primary amides is 1. The second-order valence-electron chi connectivity index (χ2n) is 3.31. The van der Waals surface area contributed by atoms with Crippen LogP contribution in [0.4, 0.5) is 0 Å². The minimum atomic E-state index is -0.268. The molecular formula is C8H17N3O2. The van der Waals surface area contributed by atoms with Gasteiger partial charge < -0.3 is 10.8 Å². The number of β-amino-alcohol motifs (C(OH)–C–C–N with tert-alkyl or cyclic N) is 1. The van der Waals surface area contributed by atoms with Gasteiger partial charge in [0.05, 0.1) is 13.2 Å². The molecule has 1 amide bonds. The summed E-state index contributed by atoms with van der Waals surface area (Å²) in [6, 6.07) is 0. The molecule has 0 saturated carbocycles. The van der Waals surface area contributed by atoms with E-state index >= 15 is 0 Å². The fourth-order valence-electron chi connectivity index (χ4n) is 1.53. The van der Waals surface area contributed by atoms with Crippen LogP contribution in [0.5, 0.6) is 0 Å². The van der Waals surface area contributed by atoms with Gasteiger partial charge in [-0.2, -0.15) is 0 Å². The number of nitrogens with zero attached hydrogens (tertiary/aromatic N) is 2. The zero-order valence-electron chi connectivity index (χ0n) is 7.78. The van der Waals surface area contributed by atoms with Gasteiger partial charge in [-0.25, -0.2) is 0 Å². The molecule has 0 aromatic rings. The van der Waals surface area contributed by atoms with Crippen molar-refractivity contribution in [2.75, 3.05) is 45.9 Å². The standard InChI is InChI=1S/C8H17N3O2/c9-8(13)7-11-3-1-10(2-4-11)5-6-12/h12H,1-7H2,(H2,9,13). The van der Waals surface area contributed by atoms with E-state index in [0.717, 1.165) is 32.7 Å². The topological polar surface area (TPSA) is 69.8 Å². The molecular weight excluding hydrogens is 170 g/mol. The summed E-state index contributed by atoms with van der Waals surface area (Å²) in [4.78, 5) is 14.8. The highest BCUT2D eigenvalue weighted by molar-refractivity contribution is 5.75. The lowest BCUT2D eigenvalue weighted by atomic mass is 10.3. The third kappa shape index (κ3) is 3.71. The van der Waals surface area contributed by atoms with Crippen molar-refractivity contribution in [1.29, 1.82) is 0 Å². The summed E-state index contributed by atoms with van der Waals surface area (Å²) in [7, 11) is 0. The van der Waals surface area contributed by atoms with E-state index in [1.54, 1.807) is 0 Å². The summed E-state index contributed by atoms with van der Waals surface area (Å²) in [6.07, 6.45) is 0. The zero-order valence-corrected chi connectivity index (χ0v) is 7.78. The molecule has 1 aliphatic rings. The summed E-state index contributed by atoms with van der Waals surface area (Å²) >= 11 is 0. The molecule has 1 saturated heterocycles.